The normalized spacial score (nSPS) is 17.5. The number of hydrogen-bond donors (Lipinski definition) is 1. The summed E-state index contributed by atoms with van der Waals surface area (Å²) in [4.78, 5) is 18.3. The number of hydrogen-bond acceptors (Lipinski definition) is 5. The summed E-state index contributed by atoms with van der Waals surface area (Å²) in [6.07, 6.45) is 0. The lowest BCUT2D eigenvalue weighted by Crippen LogP contribution is -2.49. The van der Waals surface area contributed by atoms with Crippen molar-refractivity contribution in [2.75, 3.05) is 39.3 Å². The van der Waals surface area contributed by atoms with Crippen LogP contribution in [0.1, 0.15) is 35.1 Å². The smallest absolute Gasteiger partial charge is 0.265 e. The first-order chi connectivity index (χ1) is 10.5. The molecule has 8 heteroatoms. The van der Waals surface area contributed by atoms with Gasteiger partial charge in [0.15, 0.2) is 0 Å². The highest BCUT2D eigenvalue weighted by Crippen LogP contribution is 2.23. The number of carbonyl (C=O) groups excluding carboxylic acids is 1. The molecule has 0 spiro atoms. The van der Waals surface area contributed by atoms with Gasteiger partial charge in [0.2, 0.25) is 4.80 Å². The Balaban J connectivity index is 2.20. The standard InChI is InChI=1S/C14H23ClN4O2S/c1-10(2)11-12(22-14(16-15)17(11)3)13(21)19-6-4-18(5-7-19)8-9-20/h10,20H,4-9H2,1-3H3. The quantitative estimate of drug-likeness (QED) is 0.885. The first-order valence-electron chi connectivity index (χ1n) is 7.46. The van der Waals surface area contributed by atoms with Crippen LogP contribution in [0.25, 0.3) is 0 Å². The molecule has 0 atom stereocenters. The van der Waals surface area contributed by atoms with E-state index in [1.54, 1.807) is 0 Å². The number of β-amino-alcohol motifs (C(OH)–C–C–N with tert-alkyl or cyclic N) is 1. The molecule has 1 saturated heterocycles. The fourth-order valence-corrected chi connectivity index (χ4v) is 4.17. The number of aliphatic hydroxyl groups is 1. The van der Waals surface area contributed by atoms with Crippen LogP contribution >= 0.6 is 23.1 Å². The molecule has 2 rings (SSSR count). The topological polar surface area (TPSA) is 61.1 Å². The zero-order valence-electron chi connectivity index (χ0n) is 13.3. The molecule has 2 heterocycles. The van der Waals surface area contributed by atoms with Gasteiger partial charge in [0.25, 0.3) is 5.91 Å². The molecule has 1 aliphatic rings. The third kappa shape index (κ3) is 3.53. The molecule has 124 valence electrons. The largest absolute Gasteiger partial charge is 0.395 e. The van der Waals surface area contributed by atoms with Crippen LogP contribution in [0.5, 0.6) is 0 Å². The van der Waals surface area contributed by atoms with Crippen molar-refractivity contribution in [3.05, 3.63) is 15.4 Å². The molecular formula is C14H23ClN4O2S. The lowest BCUT2D eigenvalue weighted by molar-refractivity contribution is 0.0617. The van der Waals surface area contributed by atoms with Gasteiger partial charge in [-0.1, -0.05) is 25.2 Å². The van der Waals surface area contributed by atoms with Crippen molar-refractivity contribution >= 4 is 29.0 Å². The second-order valence-corrected chi connectivity index (χ2v) is 6.90. The van der Waals surface area contributed by atoms with Crippen LogP contribution in [0.15, 0.2) is 4.51 Å². The zero-order valence-corrected chi connectivity index (χ0v) is 14.8. The number of nitrogens with zero attached hydrogens (tertiary/aromatic N) is 4. The second-order valence-electron chi connectivity index (χ2n) is 5.75. The van der Waals surface area contributed by atoms with E-state index in [4.69, 9.17) is 16.9 Å². The van der Waals surface area contributed by atoms with Crippen LogP contribution in [0.4, 0.5) is 0 Å². The van der Waals surface area contributed by atoms with Gasteiger partial charge >= 0.3 is 0 Å². The molecule has 1 fully saturated rings. The summed E-state index contributed by atoms with van der Waals surface area (Å²) < 4.78 is 5.65. The van der Waals surface area contributed by atoms with Gasteiger partial charge < -0.3 is 14.6 Å². The number of carbonyl (C=O) groups is 1. The fraction of sp³-hybridized carbons (Fsp3) is 0.714. The summed E-state index contributed by atoms with van der Waals surface area (Å²) >= 11 is 6.97. The molecule has 1 N–H and O–H groups in total. The molecule has 1 aromatic heterocycles. The van der Waals surface area contributed by atoms with Crippen molar-refractivity contribution in [1.29, 1.82) is 0 Å². The third-order valence-electron chi connectivity index (χ3n) is 3.96. The van der Waals surface area contributed by atoms with Crippen molar-refractivity contribution in [2.45, 2.75) is 19.8 Å². The van der Waals surface area contributed by atoms with Gasteiger partial charge in [0.1, 0.15) is 4.88 Å². The number of aliphatic hydroxyl groups excluding tert-OH is 1. The highest BCUT2D eigenvalue weighted by atomic mass is 35.5. The summed E-state index contributed by atoms with van der Waals surface area (Å²) in [5.41, 5.74) is 0.979. The Kier molecular flexibility index (Phi) is 6.02. The van der Waals surface area contributed by atoms with Gasteiger partial charge in [-0.2, -0.15) is 0 Å². The van der Waals surface area contributed by atoms with Crippen molar-refractivity contribution in [1.82, 2.24) is 14.4 Å². The average Bonchev–Trinajstić information content (AvgIpc) is 2.84. The van der Waals surface area contributed by atoms with Gasteiger partial charge in [-0.3, -0.25) is 9.69 Å². The summed E-state index contributed by atoms with van der Waals surface area (Å²) in [6.45, 7) is 7.93. The number of halogens is 1. The Labute approximate surface area is 139 Å². The maximum atomic E-state index is 12.8. The Hall–Kier alpha value is -0.890. The van der Waals surface area contributed by atoms with E-state index < -0.39 is 0 Å². The molecule has 22 heavy (non-hydrogen) atoms. The van der Waals surface area contributed by atoms with Gasteiger partial charge in [-0.15, -0.1) is 4.51 Å². The van der Waals surface area contributed by atoms with Crippen molar-refractivity contribution in [3.63, 3.8) is 0 Å². The van der Waals surface area contributed by atoms with E-state index in [9.17, 15) is 4.79 Å². The van der Waals surface area contributed by atoms with E-state index in [0.29, 0.717) is 24.4 Å². The van der Waals surface area contributed by atoms with Crippen LogP contribution in [0.3, 0.4) is 0 Å². The molecule has 6 nitrogen and oxygen atoms in total. The molecule has 0 aromatic carbocycles. The monoisotopic (exact) mass is 346 g/mol. The SMILES string of the molecule is CC(C)c1c(C(=O)N2CCN(CCO)CC2)sc(=NCl)n1C. The lowest BCUT2D eigenvalue weighted by atomic mass is 10.1. The van der Waals surface area contributed by atoms with Crippen LogP contribution in [0, 0.1) is 0 Å². The Morgan fingerprint density at radius 2 is 2.00 bits per heavy atom. The number of thiazole rings is 1. The van der Waals surface area contributed by atoms with Crippen LogP contribution < -0.4 is 4.80 Å². The maximum Gasteiger partial charge on any atom is 0.265 e. The highest BCUT2D eigenvalue weighted by Gasteiger charge is 2.27. The lowest BCUT2D eigenvalue weighted by Gasteiger charge is -2.34. The molecule has 0 radical (unpaired) electrons. The summed E-state index contributed by atoms with van der Waals surface area (Å²) in [7, 11) is 1.89. The predicted molar refractivity (Wildman–Crippen MR) is 88.2 cm³/mol. The first kappa shape index (κ1) is 17.5. The Bertz CT molecular complexity index is 588. The summed E-state index contributed by atoms with van der Waals surface area (Å²) in [5, 5.41) is 8.98. The zero-order chi connectivity index (χ0) is 16.3. The molecule has 0 bridgehead atoms. The molecule has 0 aliphatic carbocycles. The third-order valence-corrected chi connectivity index (χ3v) is 5.36. The Morgan fingerprint density at radius 1 is 1.36 bits per heavy atom. The van der Waals surface area contributed by atoms with E-state index in [0.717, 1.165) is 23.7 Å². The second kappa shape index (κ2) is 7.59. The molecule has 1 amide bonds. The van der Waals surface area contributed by atoms with Gasteiger partial charge in [-0.25, -0.2) is 0 Å². The predicted octanol–water partition coefficient (Wildman–Crippen LogP) is 1.01. The van der Waals surface area contributed by atoms with Crippen molar-refractivity contribution in [3.8, 4) is 0 Å². The minimum absolute atomic E-state index is 0.0551. The number of piperazine rings is 1. The van der Waals surface area contributed by atoms with Gasteiger partial charge in [-0.05, 0) is 5.92 Å². The first-order valence-corrected chi connectivity index (χ1v) is 8.62. The van der Waals surface area contributed by atoms with Crippen LogP contribution in [-0.2, 0) is 7.05 Å². The van der Waals surface area contributed by atoms with Crippen LogP contribution in [0.2, 0.25) is 0 Å². The van der Waals surface area contributed by atoms with Gasteiger partial charge in [0.05, 0.1) is 6.61 Å². The average molecular weight is 347 g/mol. The molecule has 0 saturated carbocycles. The summed E-state index contributed by atoms with van der Waals surface area (Å²) in [5.74, 6) is 0.280. The highest BCUT2D eigenvalue weighted by molar-refractivity contribution is 7.11. The Morgan fingerprint density at radius 3 is 2.50 bits per heavy atom. The number of amides is 1. The fourth-order valence-electron chi connectivity index (χ4n) is 2.80. The number of rotatable bonds is 4. The number of aromatic nitrogens is 1. The van der Waals surface area contributed by atoms with E-state index in [-0.39, 0.29) is 18.4 Å². The summed E-state index contributed by atoms with van der Waals surface area (Å²) in [6, 6.07) is 0. The maximum absolute atomic E-state index is 12.8. The van der Waals surface area contributed by atoms with E-state index in [1.807, 2.05) is 16.5 Å². The van der Waals surface area contributed by atoms with Crippen molar-refractivity contribution < 1.29 is 9.90 Å². The molecular weight excluding hydrogens is 324 g/mol. The minimum atomic E-state index is 0.0551. The van der Waals surface area contributed by atoms with Gasteiger partial charge in [0, 0.05) is 57.2 Å². The van der Waals surface area contributed by atoms with Crippen molar-refractivity contribution in [2.24, 2.45) is 11.6 Å². The minimum Gasteiger partial charge on any atom is -0.395 e. The van der Waals surface area contributed by atoms with E-state index in [1.165, 1.54) is 11.3 Å². The molecule has 1 aromatic rings. The molecule has 0 unspecified atom stereocenters. The molecule has 1 aliphatic heterocycles. The van der Waals surface area contributed by atoms with Crippen LogP contribution in [-0.4, -0.2) is 64.7 Å². The van der Waals surface area contributed by atoms with E-state index >= 15 is 0 Å². The van der Waals surface area contributed by atoms with E-state index in [2.05, 4.69) is 23.3 Å².